The number of hydrogen-bond acceptors (Lipinski definition) is 9. The van der Waals surface area contributed by atoms with E-state index >= 15 is 0 Å². The molecule has 144 heavy (non-hydrogen) atoms. The molecule has 0 spiro atoms. The maximum absolute atomic E-state index is 7.59. The Labute approximate surface area is 850 Å². The van der Waals surface area contributed by atoms with Crippen molar-refractivity contribution in [1.29, 1.82) is 0 Å². The predicted molar refractivity (Wildman–Crippen MR) is 613 cm³/mol. The summed E-state index contributed by atoms with van der Waals surface area (Å²) in [5, 5.41) is 12.5. The van der Waals surface area contributed by atoms with Gasteiger partial charge in [-0.1, -0.05) is 278 Å². The van der Waals surface area contributed by atoms with Gasteiger partial charge < -0.3 is 42.5 Å². The largest absolute Gasteiger partial charge is 0.456 e. The first-order chi connectivity index (χ1) is 69.5. The minimum absolute atomic E-state index is 0.0104. The molecule has 10 aliphatic rings. The lowest BCUT2D eigenvalue weighted by Crippen LogP contribution is -2.61. The second-order valence-electron chi connectivity index (χ2n) is 48.9. The highest BCUT2D eigenvalue weighted by Gasteiger charge is 2.63. The number of aromatic nitrogens is 2. The Bertz CT molecular complexity index is 9380. The van der Waals surface area contributed by atoms with Gasteiger partial charge in [0.1, 0.15) is 26.4 Å². The summed E-state index contributed by atoms with van der Waals surface area (Å²) in [5.74, 6) is 0. The molecule has 0 N–H and O–H groups in total. The van der Waals surface area contributed by atoms with Crippen molar-refractivity contribution in [2.24, 2.45) is 0 Å². The van der Waals surface area contributed by atoms with Crippen LogP contribution in [0.3, 0.4) is 0 Å². The quantitative estimate of drug-likeness (QED) is 0.141. The van der Waals surface area contributed by atoms with Gasteiger partial charge in [0.25, 0.3) is 13.4 Å². The summed E-state index contributed by atoms with van der Waals surface area (Å²) in [6.45, 7) is 37.2. The molecule has 7 aliphatic heterocycles. The third-order valence-electron chi connectivity index (χ3n) is 39.0. The normalized spacial score (nSPS) is 22.2. The average Bonchev–Trinajstić information content (AvgIpc) is 1.48. The molecule has 0 amide bonds. The van der Waals surface area contributed by atoms with Gasteiger partial charge >= 0.3 is 0 Å². The van der Waals surface area contributed by atoms with Crippen molar-refractivity contribution >= 4 is 243 Å². The lowest BCUT2D eigenvalue weighted by atomic mass is 9.33. The molecule has 6 atom stereocenters. The molecule has 31 rings (SSSR count). The standard InChI is InChI=1S/C131H117B2N7O2S2/c1-75-64-104-116-105(65-75)136-118-87(113-85-33-17-20-44-111(85)143-121(113)136)36-28-38-95(118)132(116)94-53-51-81(138-97-54-47-77(123(2,3)4)67-90(97)126(10)58-22-25-61-129(126,138)13)71-103(94)135(104)101-41-30-35-83-89-66-76(46-57-109(89)142-120(83)101)74-125(8,9)79-49-56-98-92(69-79)128(12)60-23-26-62-130(128,14)139(98)80-50-52-93-102(70-80)134(100-40-31-43-110-115(100)84-32-16-19-42-108(84)141-110)106-72-82(140-99-55-48-78(124(5,6)7)68-91(99)127(11)59-24-27-63-131(127,140)15)73-107-117(106)133(93)96-39-29-37-88-114-86-34-18-21-45-112(86)144-122(114)137(107)119(88)96/h16-21,28-57,64-73H,22-27,58-63,74H2,1-15H3. The fourth-order valence-corrected chi connectivity index (χ4v) is 33.8. The van der Waals surface area contributed by atoms with E-state index in [4.69, 9.17) is 8.83 Å². The second kappa shape index (κ2) is 28.4. The van der Waals surface area contributed by atoms with E-state index in [0.717, 1.165) is 107 Å². The molecule has 706 valence electrons. The number of para-hydroxylation sites is 4. The molecule has 13 heteroatoms. The van der Waals surface area contributed by atoms with Crippen molar-refractivity contribution in [3.05, 3.63) is 324 Å². The number of thiophene rings is 2. The van der Waals surface area contributed by atoms with Crippen LogP contribution in [-0.4, -0.2) is 39.2 Å². The van der Waals surface area contributed by atoms with Crippen LogP contribution in [0.4, 0.5) is 68.2 Å². The molecule has 9 nitrogen and oxygen atoms in total. The highest BCUT2D eigenvalue weighted by atomic mass is 32.1. The van der Waals surface area contributed by atoms with Crippen LogP contribution in [0.25, 0.3) is 118 Å². The smallest absolute Gasteiger partial charge is 0.252 e. The molecule has 3 aliphatic carbocycles. The van der Waals surface area contributed by atoms with E-state index in [1.807, 2.05) is 22.7 Å². The van der Waals surface area contributed by atoms with E-state index < -0.39 is 0 Å². The summed E-state index contributed by atoms with van der Waals surface area (Å²) in [6, 6.07) is 111. The number of rotatable bonds is 8. The Balaban J connectivity index is 0.553. The maximum Gasteiger partial charge on any atom is 0.252 e. The summed E-state index contributed by atoms with van der Waals surface area (Å²) >= 11 is 3.88. The fourth-order valence-electron chi connectivity index (χ4n) is 31.3. The first kappa shape index (κ1) is 85.0. The molecule has 0 radical (unpaired) electrons. The molecule has 21 aromatic rings. The lowest BCUT2D eigenvalue weighted by Gasteiger charge is -2.51. The molecule has 6 unspecified atom stereocenters. The fraction of sp³-hybridized carbons (Fsp3) is 0.282. The first-order valence-corrected chi connectivity index (χ1v) is 55.0. The van der Waals surface area contributed by atoms with Gasteiger partial charge in [-0.15, -0.1) is 22.7 Å². The van der Waals surface area contributed by atoms with E-state index in [0.29, 0.717) is 0 Å². The number of benzene rings is 15. The van der Waals surface area contributed by atoms with E-state index in [9.17, 15) is 0 Å². The van der Waals surface area contributed by atoms with Crippen molar-refractivity contribution in [1.82, 2.24) is 9.13 Å². The van der Waals surface area contributed by atoms with Gasteiger partial charge in [0.15, 0.2) is 5.58 Å². The molecule has 6 aromatic heterocycles. The number of anilines is 12. The second-order valence-corrected chi connectivity index (χ2v) is 51.0. The summed E-state index contributed by atoms with van der Waals surface area (Å²) in [4.78, 5) is 16.5. The zero-order valence-electron chi connectivity index (χ0n) is 85.2. The Morgan fingerprint density at radius 1 is 0.312 bits per heavy atom. The van der Waals surface area contributed by atoms with Crippen LogP contribution in [0.5, 0.6) is 0 Å². The third kappa shape index (κ3) is 10.7. The molecular weight excluding hydrogens is 1790 g/mol. The van der Waals surface area contributed by atoms with Crippen LogP contribution in [0, 0.1) is 6.92 Å². The Morgan fingerprint density at radius 2 is 0.736 bits per heavy atom. The summed E-state index contributed by atoms with van der Waals surface area (Å²) in [7, 11) is 0. The predicted octanol–water partition coefficient (Wildman–Crippen LogP) is 32.0. The van der Waals surface area contributed by atoms with E-state index in [2.05, 4.69) is 417 Å². The third-order valence-corrected chi connectivity index (χ3v) is 41.3. The van der Waals surface area contributed by atoms with Crippen LogP contribution >= 0.6 is 22.7 Å². The topological polar surface area (TPSA) is 52.3 Å². The van der Waals surface area contributed by atoms with E-state index in [-0.39, 0.29) is 62.5 Å². The molecule has 3 fully saturated rings. The van der Waals surface area contributed by atoms with Gasteiger partial charge in [-0.3, -0.25) is 0 Å². The van der Waals surface area contributed by atoms with E-state index in [1.54, 1.807) is 0 Å². The minimum atomic E-state index is -0.277. The monoisotopic (exact) mass is 1910 g/mol. The highest BCUT2D eigenvalue weighted by Crippen LogP contribution is 2.67. The molecule has 0 bridgehead atoms. The van der Waals surface area contributed by atoms with Gasteiger partial charge in [0, 0.05) is 142 Å². The lowest BCUT2D eigenvalue weighted by molar-refractivity contribution is 0.194. The van der Waals surface area contributed by atoms with Gasteiger partial charge in [0.05, 0.1) is 44.4 Å². The van der Waals surface area contributed by atoms with Gasteiger partial charge in [-0.25, -0.2) is 0 Å². The zero-order valence-corrected chi connectivity index (χ0v) is 86.8. The van der Waals surface area contributed by atoms with Crippen molar-refractivity contribution in [3.63, 3.8) is 0 Å². The van der Waals surface area contributed by atoms with Crippen LogP contribution in [-0.2, 0) is 38.9 Å². The van der Waals surface area contributed by atoms with Crippen LogP contribution < -0.4 is 57.3 Å². The highest BCUT2D eigenvalue weighted by molar-refractivity contribution is 7.26. The molecule has 15 aromatic carbocycles. The summed E-state index contributed by atoms with van der Waals surface area (Å²) in [5.41, 5.74) is 41.5. The van der Waals surface area contributed by atoms with Crippen molar-refractivity contribution < 1.29 is 8.83 Å². The molecule has 3 saturated carbocycles. The number of furan rings is 2. The Kier molecular flexibility index (Phi) is 16.8. The van der Waals surface area contributed by atoms with E-state index in [1.165, 1.54) is 240 Å². The number of fused-ring (bicyclic) bond motifs is 33. The van der Waals surface area contributed by atoms with Gasteiger partial charge in [0.2, 0.25) is 0 Å². The first-order valence-electron chi connectivity index (χ1n) is 53.3. The molecule has 0 saturated heterocycles. The Hall–Kier alpha value is -13.5. The van der Waals surface area contributed by atoms with Crippen LogP contribution in [0.1, 0.15) is 218 Å². The Morgan fingerprint density at radius 3 is 1.29 bits per heavy atom. The number of hydrogen-bond donors (Lipinski definition) is 0. The van der Waals surface area contributed by atoms with Gasteiger partial charge in [-0.05, 0) is 281 Å². The minimum Gasteiger partial charge on any atom is -0.456 e. The van der Waals surface area contributed by atoms with Gasteiger partial charge in [-0.2, -0.15) is 0 Å². The zero-order chi connectivity index (χ0) is 97.0. The SMILES string of the molecule is Cc1cc2c3c(c1)-n1c4sc5ccccc5c4c4cccc(c41)B3c1ccc(N3c4ccc(C(C)(C)C)cc4C4(C)CCCCC34C)cc1N2c1cccc2c1oc1ccc(CC(C)(C)c3ccc4c(c3)C3(C)CCCCC3(C)N4c3ccc4c(c3)N(c3cccc5oc6ccccc6c35)c3cc(N5c6ccc(C(C)(C)C)cc6C6(C)CCCCC56C)cc5c3B4c3cccc4c6c7ccccc7sc6n-5c34)cc12. The van der Waals surface area contributed by atoms with Crippen LogP contribution in [0.15, 0.2) is 288 Å². The summed E-state index contributed by atoms with van der Waals surface area (Å²) < 4.78 is 22.7. The number of aryl methyl sites for hydroxylation is 1. The van der Waals surface area contributed by atoms with Crippen molar-refractivity contribution in [3.8, 4) is 11.4 Å². The maximum atomic E-state index is 7.59. The molecular formula is C131H117B2N7O2S2. The average molecular weight is 1910 g/mol. The summed E-state index contributed by atoms with van der Waals surface area (Å²) in [6.07, 6.45) is 14.7. The van der Waals surface area contributed by atoms with Crippen molar-refractivity contribution in [2.75, 3.05) is 24.5 Å². The van der Waals surface area contributed by atoms with Crippen LogP contribution in [0.2, 0.25) is 0 Å². The van der Waals surface area contributed by atoms with Crippen molar-refractivity contribution in [2.45, 2.75) is 236 Å². The number of nitrogens with zero attached hydrogens (tertiary/aromatic N) is 7. The molecule has 13 heterocycles.